The second kappa shape index (κ2) is 7.52. The maximum atomic E-state index is 8.42. The van der Waals surface area contributed by atoms with Crippen molar-refractivity contribution < 1.29 is 0 Å². The van der Waals surface area contributed by atoms with Crippen molar-refractivity contribution in [3.05, 3.63) is 0 Å². The van der Waals surface area contributed by atoms with E-state index in [1.165, 1.54) is 11.8 Å². The molecular weight excluding hydrogens is 182 g/mol. The molecule has 0 spiro atoms. The van der Waals surface area contributed by atoms with Crippen LogP contribution in [0.25, 0.3) is 0 Å². The van der Waals surface area contributed by atoms with Gasteiger partial charge in [0.25, 0.3) is 0 Å². The molecule has 0 N–H and O–H groups in total. The molecule has 0 aromatic heterocycles. The van der Waals surface area contributed by atoms with Crippen LogP contribution in [0.5, 0.6) is 0 Å². The minimum atomic E-state index is 0.509. The molecule has 0 rings (SSSR count). The smallest absolute Gasteiger partial charge is 0.208 e. The van der Waals surface area contributed by atoms with Gasteiger partial charge in [-0.1, -0.05) is 24.6 Å². The molecule has 4 heteroatoms. The van der Waals surface area contributed by atoms with Crippen LogP contribution >= 0.6 is 11.8 Å². The van der Waals surface area contributed by atoms with Crippen LogP contribution in [0, 0.1) is 23.8 Å². The van der Waals surface area contributed by atoms with E-state index in [9.17, 15) is 0 Å². The molecule has 0 saturated carbocycles. The summed E-state index contributed by atoms with van der Waals surface area (Å²) >= 11 is 1.44. The molecule has 0 aliphatic rings. The minimum absolute atomic E-state index is 0.509. The minimum Gasteiger partial charge on any atom is -0.339 e. The summed E-state index contributed by atoms with van der Waals surface area (Å²) in [4.78, 5) is 5.62. The van der Waals surface area contributed by atoms with E-state index < -0.39 is 0 Å². The van der Waals surface area contributed by atoms with Gasteiger partial charge in [-0.15, -0.1) is 11.4 Å². The highest BCUT2D eigenvalue weighted by Crippen LogP contribution is 2.05. The molecule has 13 heavy (non-hydrogen) atoms. The van der Waals surface area contributed by atoms with Crippen molar-refractivity contribution in [3.63, 3.8) is 0 Å². The molecule has 0 radical (unpaired) electrons. The van der Waals surface area contributed by atoms with Crippen LogP contribution in [0.1, 0.15) is 13.3 Å². The highest BCUT2D eigenvalue weighted by molar-refractivity contribution is 8.13. The molecule has 0 unspecified atom stereocenters. The Balaban J connectivity index is 4.42. The first kappa shape index (κ1) is 11.9. The molecule has 0 aliphatic heterocycles. The van der Waals surface area contributed by atoms with Gasteiger partial charge < -0.3 is 4.90 Å². The Labute approximate surface area is 83.8 Å². The third-order valence-corrected chi connectivity index (χ3v) is 2.09. The van der Waals surface area contributed by atoms with Crippen LogP contribution in [0.3, 0.4) is 0 Å². The quantitative estimate of drug-likeness (QED) is 0.297. The number of thioether (sulfide) groups is 1. The number of amidine groups is 1. The van der Waals surface area contributed by atoms with Crippen molar-refractivity contribution in [1.29, 1.82) is 5.26 Å². The molecular formula is C9H13N3S. The number of hydrogen-bond acceptors (Lipinski definition) is 3. The number of aliphatic imine (C=N–C) groups is 1. The highest BCUT2D eigenvalue weighted by Gasteiger charge is 2.07. The molecule has 0 heterocycles. The number of terminal acetylenes is 1. The first-order valence-corrected chi connectivity index (χ1v) is 5.21. The standard InChI is InChI=1S/C9H13N3S/c1-4-6-12(7-5-2)9(13-3)11-8-10/h1H,5-7H2,2-3H3. The molecule has 0 saturated heterocycles. The normalized spacial score (nSPS) is 10.3. The zero-order valence-corrected chi connectivity index (χ0v) is 8.77. The number of nitrogens with zero attached hydrogens (tertiary/aromatic N) is 3. The van der Waals surface area contributed by atoms with Crippen molar-refractivity contribution >= 4 is 16.9 Å². The summed E-state index contributed by atoms with van der Waals surface area (Å²) in [5.74, 6) is 2.55. The van der Waals surface area contributed by atoms with Gasteiger partial charge in [0.05, 0.1) is 6.54 Å². The third-order valence-electron chi connectivity index (χ3n) is 1.37. The van der Waals surface area contributed by atoms with Gasteiger partial charge in [-0.05, 0) is 12.7 Å². The Bertz CT molecular complexity index is 247. The van der Waals surface area contributed by atoms with Crippen LogP contribution < -0.4 is 0 Å². The van der Waals surface area contributed by atoms with Crippen molar-refractivity contribution in [2.24, 2.45) is 4.99 Å². The summed E-state index contributed by atoms with van der Waals surface area (Å²) in [6.45, 7) is 3.41. The van der Waals surface area contributed by atoms with Crippen LogP contribution in [0.15, 0.2) is 4.99 Å². The first-order chi connectivity index (χ1) is 6.29. The molecule has 3 nitrogen and oxygen atoms in total. The van der Waals surface area contributed by atoms with E-state index in [-0.39, 0.29) is 0 Å². The molecule has 0 atom stereocenters. The Kier molecular flexibility index (Phi) is 6.86. The number of rotatable bonds is 3. The van der Waals surface area contributed by atoms with Gasteiger partial charge >= 0.3 is 0 Å². The van der Waals surface area contributed by atoms with Crippen LogP contribution in [0.2, 0.25) is 0 Å². The van der Waals surface area contributed by atoms with E-state index in [0.29, 0.717) is 11.7 Å². The Morgan fingerprint density at radius 3 is 2.77 bits per heavy atom. The highest BCUT2D eigenvalue weighted by atomic mass is 32.2. The molecule has 0 aromatic rings. The van der Waals surface area contributed by atoms with Gasteiger partial charge in [0.1, 0.15) is 0 Å². The topological polar surface area (TPSA) is 39.4 Å². The van der Waals surface area contributed by atoms with Crippen molar-refractivity contribution in [2.75, 3.05) is 19.3 Å². The lowest BCUT2D eigenvalue weighted by atomic mass is 10.4. The van der Waals surface area contributed by atoms with Crippen molar-refractivity contribution in [2.45, 2.75) is 13.3 Å². The van der Waals surface area contributed by atoms with Gasteiger partial charge in [-0.25, -0.2) is 0 Å². The van der Waals surface area contributed by atoms with Crippen LogP contribution in [0.4, 0.5) is 0 Å². The lowest BCUT2D eigenvalue weighted by molar-refractivity contribution is 0.475. The first-order valence-electron chi connectivity index (χ1n) is 3.99. The van der Waals surface area contributed by atoms with Gasteiger partial charge in [0.15, 0.2) is 5.17 Å². The average Bonchev–Trinajstić information content (AvgIpc) is 2.14. The SMILES string of the molecule is C#CCN(CCC)C(=NC#N)SC. The van der Waals surface area contributed by atoms with Gasteiger partial charge in [-0.2, -0.15) is 5.26 Å². The summed E-state index contributed by atoms with van der Waals surface area (Å²) in [5, 5.41) is 9.12. The summed E-state index contributed by atoms with van der Waals surface area (Å²) in [7, 11) is 0. The summed E-state index contributed by atoms with van der Waals surface area (Å²) in [6, 6.07) is 0. The van der Waals surface area contributed by atoms with E-state index in [1.54, 1.807) is 6.19 Å². The fraction of sp³-hybridized carbons (Fsp3) is 0.556. The number of hydrogen-bond donors (Lipinski definition) is 0. The maximum Gasteiger partial charge on any atom is 0.208 e. The Morgan fingerprint density at radius 1 is 1.69 bits per heavy atom. The van der Waals surface area contributed by atoms with Gasteiger partial charge in [0.2, 0.25) is 6.19 Å². The zero-order chi connectivity index (χ0) is 10.1. The fourth-order valence-corrected chi connectivity index (χ4v) is 1.46. The average molecular weight is 195 g/mol. The van der Waals surface area contributed by atoms with Gasteiger partial charge in [0, 0.05) is 6.54 Å². The molecule has 0 amide bonds. The predicted octanol–water partition coefficient (Wildman–Crippen LogP) is 1.53. The van der Waals surface area contributed by atoms with E-state index in [2.05, 4.69) is 17.8 Å². The maximum absolute atomic E-state index is 8.42. The number of nitriles is 1. The van der Waals surface area contributed by atoms with E-state index in [1.807, 2.05) is 11.2 Å². The lowest BCUT2D eigenvalue weighted by Gasteiger charge is -2.20. The monoisotopic (exact) mass is 195 g/mol. The Morgan fingerprint density at radius 2 is 2.38 bits per heavy atom. The van der Waals surface area contributed by atoms with E-state index in [4.69, 9.17) is 11.7 Å². The molecule has 0 fully saturated rings. The lowest BCUT2D eigenvalue weighted by Crippen LogP contribution is -2.29. The summed E-state index contributed by atoms with van der Waals surface area (Å²) < 4.78 is 0. The zero-order valence-electron chi connectivity index (χ0n) is 7.95. The second-order valence-corrected chi connectivity index (χ2v) is 3.10. The van der Waals surface area contributed by atoms with E-state index >= 15 is 0 Å². The van der Waals surface area contributed by atoms with Gasteiger partial charge in [-0.3, -0.25) is 0 Å². The molecule has 0 bridgehead atoms. The Hall–Kier alpha value is -1.13. The molecule has 70 valence electrons. The summed E-state index contributed by atoms with van der Waals surface area (Å²) in [6.07, 6.45) is 9.86. The van der Waals surface area contributed by atoms with Crippen LogP contribution in [-0.4, -0.2) is 29.4 Å². The molecule has 0 aromatic carbocycles. The second-order valence-electron chi connectivity index (χ2n) is 2.32. The summed E-state index contributed by atoms with van der Waals surface area (Å²) in [5.41, 5.74) is 0. The van der Waals surface area contributed by atoms with Crippen molar-refractivity contribution in [1.82, 2.24) is 4.90 Å². The fourth-order valence-electron chi connectivity index (χ4n) is 0.911. The third kappa shape index (κ3) is 4.45. The predicted molar refractivity (Wildman–Crippen MR) is 57.3 cm³/mol. The molecule has 0 aliphatic carbocycles. The van der Waals surface area contributed by atoms with Crippen molar-refractivity contribution in [3.8, 4) is 18.5 Å². The largest absolute Gasteiger partial charge is 0.339 e. The van der Waals surface area contributed by atoms with Crippen LogP contribution in [-0.2, 0) is 0 Å². The van der Waals surface area contributed by atoms with E-state index in [0.717, 1.165) is 13.0 Å².